The molecule has 1 aromatic heterocycles. The fraction of sp³-hybridized carbons (Fsp3) is 0.333. The van der Waals surface area contributed by atoms with E-state index in [0.29, 0.717) is 6.20 Å². The zero-order chi connectivity index (χ0) is 14.8. The molecule has 0 aliphatic heterocycles. The predicted octanol–water partition coefficient (Wildman–Crippen LogP) is 4.19. The first-order chi connectivity index (χ1) is 8.67. The summed E-state index contributed by atoms with van der Waals surface area (Å²) in [6.07, 6.45) is -7.82. The molecule has 0 aliphatic rings. The molecule has 0 radical (unpaired) electrons. The number of hydrogen-bond donors (Lipinski definition) is 0. The van der Waals surface area contributed by atoms with E-state index in [1.165, 1.54) is 0 Å². The van der Waals surface area contributed by atoms with Crippen molar-refractivity contribution in [2.75, 3.05) is 0 Å². The Morgan fingerprint density at radius 1 is 1.47 bits per heavy atom. The molecule has 0 saturated heterocycles. The number of nitrogens with zero attached hydrogens (tertiary/aromatic N) is 1. The van der Waals surface area contributed by atoms with Crippen LogP contribution in [-0.4, -0.2) is 16.6 Å². The standard InChI is InChI=1S/C9H4BrClF5NO2/c10-1-3-4(7(11)18)2-17-5(8(12)13)6(3)19-9(14,15)16/h2,8H,1H2. The van der Waals surface area contributed by atoms with Gasteiger partial charge in [0.25, 0.3) is 11.7 Å². The maximum absolute atomic E-state index is 12.6. The van der Waals surface area contributed by atoms with Gasteiger partial charge in [0.15, 0.2) is 5.75 Å². The minimum Gasteiger partial charge on any atom is -0.403 e. The third-order valence-electron chi connectivity index (χ3n) is 1.93. The van der Waals surface area contributed by atoms with E-state index in [1.54, 1.807) is 0 Å². The fourth-order valence-electron chi connectivity index (χ4n) is 1.23. The first-order valence-electron chi connectivity index (χ1n) is 4.48. The van der Waals surface area contributed by atoms with Gasteiger partial charge in [-0.25, -0.2) is 8.78 Å². The van der Waals surface area contributed by atoms with Gasteiger partial charge < -0.3 is 4.74 Å². The van der Waals surface area contributed by atoms with Crippen LogP contribution < -0.4 is 4.74 Å². The van der Waals surface area contributed by atoms with Gasteiger partial charge in [-0.1, -0.05) is 15.9 Å². The van der Waals surface area contributed by atoms with E-state index in [2.05, 4.69) is 25.7 Å². The highest BCUT2D eigenvalue weighted by atomic mass is 79.9. The van der Waals surface area contributed by atoms with Crippen molar-refractivity contribution < 1.29 is 31.5 Å². The summed E-state index contributed by atoms with van der Waals surface area (Å²) in [5.41, 5.74) is -2.10. The molecule has 0 unspecified atom stereocenters. The average molecular weight is 368 g/mol. The van der Waals surface area contributed by atoms with Crippen LogP contribution in [0, 0.1) is 0 Å². The topological polar surface area (TPSA) is 39.2 Å². The fourth-order valence-corrected chi connectivity index (χ4v) is 1.95. The molecule has 0 fully saturated rings. The van der Waals surface area contributed by atoms with Crippen molar-refractivity contribution in [3.05, 3.63) is 23.0 Å². The van der Waals surface area contributed by atoms with Crippen molar-refractivity contribution in [1.29, 1.82) is 0 Å². The number of pyridine rings is 1. The first-order valence-corrected chi connectivity index (χ1v) is 5.98. The van der Waals surface area contributed by atoms with E-state index in [-0.39, 0.29) is 5.33 Å². The average Bonchev–Trinajstić information content (AvgIpc) is 2.25. The number of carbonyl (C=O) groups is 1. The Hall–Kier alpha value is -0.960. The van der Waals surface area contributed by atoms with Gasteiger partial charge >= 0.3 is 6.36 Å². The van der Waals surface area contributed by atoms with Crippen LogP contribution in [0.3, 0.4) is 0 Å². The molecule has 10 heteroatoms. The van der Waals surface area contributed by atoms with E-state index in [9.17, 15) is 26.7 Å². The number of ether oxygens (including phenoxy) is 1. The lowest BCUT2D eigenvalue weighted by Crippen LogP contribution is -2.20. The minimum atomic E-state index is -5.20. The minimum absolute atomic E-state index is 0.339. The number of carbonyl (C=O) groups excluding carboxylic acids is 1. The zero-order valence-corrected chi connectivity index (χ0v) is 11.1. The van der Waals surface area contributed by atoms with Gasteiger partial charge in [0, 0.05) is 17.1 Å². The number of rotatable bonds is 4. The van der Waals surface area contributed by atoms with Crippen LogP contribution in [0.4, 0.5) is 22.0 Å². The van der Waals surface area contributed by atoms with Crippen LogP contribution in [0.5, 0.6) is 5.75 Å². The molecule has 0 bridgehead atoms. The maximum atomic E-state index is 12.6. The molecule has 106 valence electrons. The van der Waals surface area contributed by atoms with Crippen LogP contribution in [0.2, 0.25) is 0 Å². The lowest BCUT2D eigenvalue weighted by Gasteiger charge is -2.16. The Balaban J connectivity index is 3.50. The molecule has 1 rings (SSSR count). The Morgan fingerprint density at radius 2 is 2.05 bits per heavy atom. The number of alkyl halides is 6. The molecular weight excluding hydrogens is 364 g/mol. The van der Waals surface area contributed by atoms with Crippen molar-refractivity contribution in [1.82, 2.24) is 4.98 Å². The molecule has 0 N–H and O–H groups in total. The van der Waals surface area contributed by atoms with Crippen molar-refractivity contribution in [2.24, 2.45) is 0 Å². The van der Waals surface area contributed by atoms with Gasteiger partial charge in [-0.05, 0) is 11.6 Å². The van der Waals surface area contributed by atoms with Crippen LogP contribution in [0.15, 0.2) is 6.20 Å². The van der Waals surface area contributed by atoms with Gasteiger partial charge in [-0.3, -0.25) is 9.78 Å². The highest BCUT2D eigenvalue weighted by Crippen LogP contribution is 2.37. The highest BCUT2D eigenvalue weighted by molar-refractivity contribution is 9.08. The van der Waals surface area contributed by atoms with Crippen molar-refractivity contribution in [2.45, 2.75) is 18.1 Å². The lowest BCUT2D eigenvalue weighted by atomic mass is 10.1. The van der Waals surface area contributed by atoms with Gasteiger partial charge in [0.2, 0.25) is 0 Å². The van der Waals surface area contributed by atoms with Crippen molar-refractivity contribution in [3.8, 4) is 5.75 Å². The number of halogens is 7. The molecule has 1 aromatic rings. The molecule has 0 spiro atoms. The maximum Gasteiger partial charge on any atom is 0.573 e. The monoisotopic (exact) mass is 367 g/mol. The summed E-state index contributed by atoms with van der Waals surface area (Å²) >= 11 is 7.93. The summed E-state index contributed by atoms with van der Waals surface area (Å²) in [5, 5.41) is -1.47. The van der Waals surface area contributed by atoms with Crippen LogP contribution in [0.25, 0.3) is 0 Å². The molecule has 0 aromatic carbocycles. The molecule has 0 saturated carbocycles. The summed E-state index contributed by atoms with van der Waals surface area (Å²) in [4.78, 5) is 14.1. The summed E-state index contributed by atoms with van der Waals surface area (Å²) in [6.45, 7) is 0. The van der Waals surface area contributed by atoms with Gasteiger partial charge in [-0.15, -0.1) is 13.2 Å². The second-order valence-electron chi connectivity index (χ2n) is 3.12. The van der Waals surface area contributed by atoms with E-state index in [4.69, 9.17) is 11.6 Å². The van der Waals surface area contributed by atoms with Gasteiger partial charge in [0.05, 0.1) is 5.56 Å². The zero-order valence-electron chi connectivity index (χ0n) is 8.77. The van der Waals surface area contributed by atoms with Crippen LogP contribution in [0.1, 0.15) is 28.0 Å². The summed E-state index contributed by atoms with van der Waals surface area (Å²) in [5.74, 6) is -1.22. The molecule has 0 atom stereocenters. The largest absolute Gasteiger partial charge is 0.573 e. The smallest absolute Gasteiger partial charge is 0.403 e. The molecule has 1 heterocycles. The third kappa shape index (κ3) is 4.00. The van der Waals surface area contributed by atoms with Gasteiger partial charge in [0.1, 0.15) is 5.69 Å². The quantitative estimate of drug-likeness (QED) is 0.454. The Kier molecular flexibility index (Phi) is 5.08. The Labute approximate surface area is 116 Å². The highest BCUT2D eigenvalue weighted by Gasteiger charge is 2.36. The summed E-state index contributed by atoms with van der Waals surface area (Å²) < 4.78 is 65.4. The van der Waals surface area contributed by atoms with Crippen LogP contribution >= 0.6 is 27.5 Å². The second kappa shape index (κ2) is 6.00. The molecule has 0 amide bonds. The molecule has 3 nitrogen and oxygen atoms in total. The normalized spacial score (nSPS) is 11.8. The van der Waals surface area contributed by atoms with Crippen molar-refractivity contribution >= 4 is 32.8 Å². The SMILES string of the molecule is O=C(Cl)c1cnc(C(F)F)c(OC(F)(F)F)c1CBr. The van der Waals surface area contributed by atoms with E-state index < -0.39 is 40.6 Å². The number of aromatic nitrogens is 1. The van der Waals surface area contributed by atoms with Crippen LogP contribution in [-0.2, 0) is 5.33 Å². The second-order valence-corrected chi connectivity index (χ2v) is 4.02. The lowest BCUT2D eigenvalue weighted by molar-refractivity contribution is -0.275. The third-order valence-corrected chi connectivity index (χ3v) is 2.70. The van der Waals surface area contributed by atoms with E-state index in [1.807, 2.05) is 0 Å². The number of hydrogen-bond acceptors (Lipinski definition) is 3. The van der Waals surface area contributed by atoms with E-state index >= 15 is 0 Å². The Bertz CT molecular complexity index is 494. The van der Waals surface area contributed by atoms with Gasteiger partial charge in [-0.2, -0.15) is 0 Å². The molecule has 0 aliphatic carbocycles. The molecule has 19 heavy (non-hydrogen) atoms. The predicted molar refractivity (Wildman–Crippen MR) is 58.7 cm³/mol. The summed E-state index contributed by atoms with van der Waals surface area (Å²) in [7, 11) is 0. The van der Waals surface area contributed by atoms with Crippen molar-refractivity contribution in [3.63, 3.8) is 0 Å². The first kappa shape index (κ1) is 16.1. The van der Waals surface area contributed by atoms with E-state index in [0.717, 1.165) is 0 Å². The molecular formula is C9H4BrClF5NO2. The summed E-state index contributed by atoms with van der Waals surface area (Å²) in [6, 6.07) is 0. The Morgan fingerprint density at radius 3 is 2.42 bits per heavy atom.